The Kier molecular flexibility index (Phi) is 8.72. The van der Waals surface area contributed by atoms with Crippen LogP contribution in [0.3, 0.4) is 0 Å². The van der Waals surface area contributed by atoms with Gasteiger partial charge < -0.3 is 15.5 Å². The topological polar surface area (TPSA) is 66.0 Å². The van der Waals surface area contributed by atoms with Crippen molar-refractivity contribution in [3.8, 4) is 0 Å². The van der Waals surface area contributed by atoms with Gasteiger partial charge in [-0.25, -0.2) is 0 Å². The van der Waals surface area contributed by atoms with Crippen molar-refractivity contribution in [2.24, 2.45) is 0 Å². The molecular weight excluding hydrogens is 396 g/mol. The molecule has 1 fully saturated rings. The molecule has 1 atom stereocenters. The van der Waals surface area contributed by atoms with E-state index in [1.807, 2.05) is 42.9 Å². The van der Waals surface area contributed by atoms with Crippen molar-refractivity contribution in [3.63, 3.8) is 0 Å². The lowest BCUT2D eigenvalue weighted by atomic mass is 9.93. The van der Waals surface area contributed by atoms with E-state index in [2.05, 4.69) is 49.8 Å². The molecule has 0 amide bonds. The van der Waals surface area contributed by atoms with Crippen LogP contribution >= 0.6 is 0 Å². The number of likely N-dealkylation sites (tertiary alicyclic amines) is 1. The molecule has 2 N–H and O–H groups in total. The highest BCUT2D eigenvalue weighted by molar-refractivity contribution is 5.20. The first kappa shape index (κ1) is 22.5. The van der Waals surface area contributed by atoms with Gasteiger partial charge in [-0.3, -0.25) is 15.0 Å². The molecule has 0 radical (unpaired) electrons. The summed E-state index contributed by atoms with van der Waals surface area (Å²) >= 11 is 0. The van der Waals surface area contributed by atoms with E-state index in [1.54, 1.807) is 0 Å². The van der Waals surface area contributed by atoms with Gasteiger partial charge in [-0.2, -0.15) is 0 Å². The van der Waals surface area contributed by atoms with Gasteiger partial charge in [-0.05, 0) is 74.3 Å². The molecule has 0 aliphatic carbocycles. The number of pyridine rings is 3. The minimum Gasteiger partial charge on any atom is -0.311 e. The number of hydrogen-bond acceptors (Lipinski definition) is 6. The molecule has 1 saturated heterocycles. The molecule has 0 bridgehead atoms. The van der Waals surface area contributed by atoms with Crippen molar-refractivity contribution in [2.75, 3.05) is 32.7 Å². The number of rotatable bonds is 11. The Morgan fingerprint density at radius 2 is 1.59 bits per heavy atom. The summed E-state index contributed by atoms with van der Waals surface area (Å²) in [5.41, 5.74) is 4.79. The molecule has 3 aromatic rings. The standard InChI is InChI=1S/C26H34N6/c1-3-11-29-24(7-1)19-27-13-9-22-10-14-31-26(18-22)23-6-5-16-32(21-23)17-15-28-20-25-8-2-4-12-30-25/h1-4,7-8,10-12,14,18,23,27-28H,5-6,9,13,15-17,19-21H2. The van der Waals surface area contributed by atoms with Gasteiger partial charge in [0, 0.05) is 62.9 Å². The van der Waals surface area contributed by atoms with E-state index < -0.39 is 0 Å². The normalized spacial score (nSPS) is 16.8. The van der Waals surface area contributed by atoms with Crippen LogP contribution in [0.1, 0.15) is 41.4 Å². The Morgan fingerprint density at radius 1 is 0.844 bits per heavy atom. The van der Waals surface area contributed by atoms with Gasteiger partial charge in [-0.15, -0.1) is 0 Å². The van der Waals surface area contributed by atoms with Crippen LogP contribution in [-0.2, 0) is 19.5 Å². The fourth-order valence-corrected chi connectivity index (χ4v) is 4.28. The van der Waals surface area contributed by atoms with Crippen LogP contribution in [0.2, 0.25) is 0 Å². The second kappa shape index (κ2) is 12.4. The van der Waals surface area contributed by atoms with E-state index in [0.717, 1.165) is 57.1 Å². The first-order valence-electron chi connectivity index (χ1n) is 11.8. The lowest BCUT2D eigenvalue weighted by Gasteiger charge is -2.32. The number of hydrogen-bond donors (Lipinski definition) is 2. The zero-order chi connectivity index (χ0) is 21.8. The molecule has 1 aliphatic rings. The van der Waals surface area contributed by atoms with Crippen molar-refractivity contribution in [1.29, 1.82) is 0 Å². The van der Waals surface area contributed by atoms with E-state index >= 15 is 0 Å². The largest absolute Gasteiger partial charge is 0.311 e. The first-order valence-corrected chi connectivity index (χ1v) is 11.8. The lowest BCUT2D eigenvalue weighted by Crippen LogP contribution is -2.39. The maximum atomic E-state index is 4.73. The van der Waals surface area contributed by atoms with Crippen LogP contribution in [-0.4, -0.2) is 52.6 Å². The van der Waals surface area contributed by atoms with Crippen molar-refractivity contribution in [3.05, 3.63) is 89.8 Å². The third kappa shape index (κ3) is 7.19. The van der Waals surface area contributed by atoms with Gasteiger partial charge in [0.2, 0.25) is 0 Å². The molecular formula is C26H34N6. The lowest BCUT2D eigenvalue weighted by molar-refractivity contribution is 0.206. The minimum atomic E-state index is 0.529. The molecule has 6 nitrogen and oxygen atoms in total. The molecule has 0 saturated carbocycles. The van der Waals surface area contributed by atoms with E-state index in [9.17, 15) is 0 Å². The minimum absolute atomic E-state index is 0.529. The average Bonchev–Trinajstić information content (AvgIpc) is 2.86. The highest BCUT2D eigenvalue weighted by atomic mass is 15.1. The van der Waals surface area contributed by atoms with E-state index in [-0.39, 0.29) is 0 Å². The maximum Gasteiger partial charge on any atom is 0.0541 e. The Labute approximate surface area is 191 Å². The maximum absolute atomic E-state index is 4.73. The smallest absolute Gasteiger partial charge is 0.0541 e. The number of piperidine rings is 1. The highest BCUT2D eigenvalue weighted by Crippen LogP contribution is 2.25. The SMILES string of the molecule is c1ccc(CNCCc2ccnc(C3CCCN(CCNCc4ccccn4)C3)c2)nc1. The van der Waals surface area contributed by atoms with Crippen LogP contribution in [0.5, 0.6) is 0 Å². The summed E-state index contributed by atoms with van der Waals surface area (Å²) in [7, 11) is 0. The molecule has 0 aromatic carbocycles. The molecule has 6 heteroatoms. The number of nitrogens with zero attached hydrogens (tertiary/aromatic N) is 4. The summed E-state index contributed by atoms with van der Waals surface area (Å²) in [5.74, 6) is 0.529. The molecule has 32 heavy (non-hydrogen) atoms. The highest BCUT2D eigenvalue weighted by Gasteiger charge is 2.22. The van der Waals surface area contributed by atoms with Gasteiger partial charge in [-0.1, -0.05) is 12.1 Å². The summed E-state index contributed by atoms with van der Waals surface area (Å²) < 4.78 is 0. The summed E-state index contributed by atoms with van der Waals surface area (Å²) in [6.07, 6.45) is 9.15. The molecule has 4 heterocycles. The summed E-state index contributed by atoms with van der Waals surface area (Å²) in [4.78, 5) is 16.0. The Bertz CT molecular complexity index is 918. The molecule has 0 spiro atoms. The van der Waals surface area contributed by atoms with Crippen molar-refractivity contribution < 1.29 is 0 Å². The first-order chi connectivity index (χ1) is 15.9. The molecule has 168 valence electrons. The van der Waals surface area contributed by atoms with Gasteiger partial charge in [0.05, 0.1) is 11.4 Å². The Hall–Kier alpha value is -2.67. The summed E-state index contributed by atoms with van der Waals surface area (Å²) in [6, 6.07) is 16.6. The third-order valence-electron chi connectivity index (χ3n) is 6.03. The van der Waals surface area contributed by atoms with Crippen molar-refractivity contribution >= 4 is 0 Å². The predicted octanol–water partition coefficient (Wildman–Crippen LogP) is 3.17. The second-order valence-corrected chi connectivity index (χ2v) is 8.47. The van der Waals surface area contributed by atoms with E-state index in [1.165, 1.54) is 30.6 Å². The zero-order valence-electron chi connectivity index (χ0n) is 18.8. The van der Waals surface area contributed by atoms with E-state index in [0.29, 0.717) is 5.92 Å². The molecule has 4 rings (SSSR count). The number of nitrogens with one attached hydrogen (secondary N) is 2. The predicted molar refractivity (Wildman–Crippen MR) is 128 cm³/mol. The quantitative estimate of drug-likeness (QED) is 0.456. The second-order valence-electron chi connectivity index (χ2n) is 8.47. The third-order valence-corrected chi connectivity index (χ3v) is 6.03. The van der Waals surface area contributed by atoms with E-state index in [4.69, 9.17) is 4.98 Å². The summed E-state index contributed by atoms with van der Waals surface area (Å²) in [6.45, 7) is 6.91. The van der Waals surface area contributed by atoms with Crippen molar-refractivity contribution in [2.45, 2.75) is 38.3 Å². The molecule has 3 aromatic heterocycles. The number of aromatic nitrogens is 3. The Morgan fingerprint density at radius 3 is 2.31 bits per heavy atom. The fourth-order valence-electron chi connectivity index (χ4n) is 4.28. The molecule has 1 aliphatic heterocycles. The zero-order valence-corrected chi connectivity index (χ0v) is 18.8. The van der Waals surface area contributed by atoms with Crippen LogP contribution < -0.4 is 10.6 Å². The van der Waals surface area contributed by atoms with Gasteiger partial charge in [0.15, 0.2) is 0 Å². The van der Waals surface area contributed by atoms with Crippen LogP contribution in [0.15, 0.2) is 67.1 Å². The Balaban J connectivity index is 1.19. The van der Waals surface area contributed by atoms with Crippen LogP contribution in [0, 0.1) is 0 Å². The summed E-state index contributed by atoms with van der Waals surface area (Å²) in [5, 5.41) is 7.02. The fraction of sp³-hybridized carbons (Fsp3) is 0.423. The van der Waals surface area contributed by atoms with Gasteiger partial charge in [0.1, 0.15) is 0 Å². The monoisotopic (exact) mass is 430 g/mol. The average molecular weight is 431 g/mol. The van der Waals surface area contributed by atoms with Crippen molar-refractivity contribution in [1.82, 2.24) is 30.5 Å². The van der Waals surface area contributed by atoms with Gasteiger partial charge in [0.25, 0.3) is 0 Å². The van der Waals surface area contributed by atoms with Crippen LogP contribution in [0.25, 0.3) is 0 Å². The van der Waals surface area contributed by atoms with Gasteiger partial charge >= 0.3 is 0 Å². The molecule has 1 unspecified atom stereocenters. The van der Waals surface area contributed by atoms with Crippen LogP contribution in [0.4, 0.5) is 0 Å².